The Balaban J connectivity index is 1.56. The molecule has 0 aliphatic carbocycles. The number of thiazole rings is 1. The highest BCUT2D eigenvalue weighted by molar-refractivity contribution is 7.22. The van der Waals surface area contributed by atoms with Crippen LogP contribution in [0.15, 0.2) is 66.7 Å². The summed E-state index contributed by atoms with van der Waals surface area (Å²) in [5.41, 5.74) is 3.37. The van der Waals surface area contributed by atoms with Gasteiger partial charge in [0.25, 0.3) is 5.91 Å². The first-order valence-electron chi connectivity index (χ1n) is 7.82. The number of amides is 1. The summed E-state index contributed by atoms with van der Waals surface area (Å²) >= 11 is 13.5. The molecule has 1 heterocycles. The number of rotatable bonds is 3. The largest absolute Gasteiger partial charge is 0.298 e. The monoisotopic (exact) mass is 398 g/mol. The molecule has 0 saturated carbocycles. The van der Waals surface area contributed by atoms with Gasteiger partial charge in [-0.05, 0) is 35.4 Å². The topological polar surface area (TPSA) is 42.0 Å². The molecular formula is C20H12Cl2N2OS. The molecule has 128 valence electrons. The number of fused-ring (bicyclic) bond motifs is 1. The zero-order valence-corrected chi connectivity index (χ0v) is 15.7. The summed E-state index contributed by atoms with van der Waals surface area (Å²) in [4.78, 5) is 16.9. The normalized spacial score (nSPS) is 10.8. The quantitative estimate of drug-likeness (QED) is 0.426. The molecule has 1 amide bonds. The number of nitrogens with zero attached hydrogens (tertiary/aromatic N) is 1. The fourth-order valence-electron chi connectivity index (χ4n) is 2.62. The van der Waals surface area contributed by atoms with Crippen LogP contribution in [0.3, 0.4) is 0 Å². The van der Waals surface area contributed by atoms with Crippen molar-refractivity contribution in [2.75, 3.05) is 5.32 Å². The summed E-state index contributed by atoms with van der Waals surface area (Å²) in [7, 11) is 0. The molecule has 0 unspecified atom stereocenters. The maximum Gasteiger partial charge on any atom is 0.257 e. The van der Waals surface area contributed by atoms with Gasteiger partial charge in [-0.2, -0.15) is 0 Å². The van der Waals surface area contributed by atoms with Gasteiger partial charge in [-0.3, -0.25) is 10.1 Å². The predicted molar refractivity (Wildman–Crippen MR) is 109 cm³/mol. The summed E-state index contributed by atoms with van der Waals surface area (Å²) in [5.74, 6) is -0.217. The van der Waals surface area contributed by atoms with E-state index in [0.717, 1.165) is 15.8 Å². The number of nitrogens with one attached hydrogen (secondary N) is 1. The highest BCUT2D eigenvalue weighted by atomic mass is 35.5. The molecule has 0 saturated heterocycles. The van der Waals surface area contributed by atoms with E-state index in [2.05, 4.69) is 10.3 Å². The Hall–Kier alpha value is -2.40. The van der Waals surface area contributed by atoms with Crippen molar-refractivity contribution in [2.24, 2.45) is 0 Å². The van der Waals surface area contributed by atoms with E-state index in [1.54, 1.807) is 24.3 Å². The van der Waals surface area contributed by atoms with E-state index < -0.39 is 0 Å². The van der Waals surface area contributed by atoms with Gasteiger partial charge in [0, 0.05) is 10.6 Å². The molecule has 0 radical (unpaired) electrons. The number of hydrogen-bond acceptors (Lipinski definition) is 3. The lowest BCUT2D eigenvalue weighted by Crippen LogP contribution is -2.11. The highest BCUT2D eigenvalue weighted by Crippen LogP contribution is 2.34. The van der Waals surface area contributed by atoms with Crippen molar-refractivity contribution < 1.29 is 4.79 Å². The summed E-state index contributed by atoms with van der Waals surface area (Å²) in [6, 6.07) is 20.9. The Bertz CT molecular complexity index is 1090. The average Bonchev–Trinajstić information content (AvgIpc) is 3.05. The molecule has 3 nitrogen and oxygen atoms in total. The van der Waals surface area contributed by atoms with Crippen LogP contribution in [0.25, 0.3) is 21.3 Å². The Morgan fingerprint density at radius 1 is 0.923 bits per heavy atom. The third-order valence-corrected chi connectivity index (χ3v) is 5.31. The lowest BCUT2D eigenvalue weighted by atomic mass is 10.0. The van der Waals surface area contributed by atoms with Gasteiger partial charge in [0.05, 0.1) is 9.72 Å². The lowest BCUT2D eigenvalue weighted by molar-refractivity contribution is 0.102. The molecule has 26 heavy (non-hydrogen) atoms. The molecule has 0 bridgehead atoms. The van der Waals surface area contributed by atoms with E-state index in [0.29, 0.717) is 26.3 Å². The second kappa shape index (κ2) is 7.08. The van der Waals surface area contributed by atoms with Crippen molar-refractivity contribution in [3.05, 3.63) is 82.3 Å². The van der Waals surface area contributed by atoms with Gasteiger partial charge in [-0.1, -0.05) is 77.0 Å². The van der Waals surface area contributed by atoms with E-state index in [9.17, 15) is 4.79 Å². The Labute approximate surface area is 164 Å². The van der Waals surface area contributed by atoms with Crippen LogP contribution in [0.1, 0.15) is 10.4 Å². The van der Waals surface area contributed by atoms with E-state index in [1.165, 1.54) is 11.3 Å². The van der Waals surface area contributed by atoms with Crippen LogP contribution in [0.4, 0.5) is 5.13 Å². The van der Waals surface area contributed by atoms with E-state index in [4.69, 9.17) is 23.2 Å². The van der Waals surface area contributed by atoms with Crippen LogP contribution < -0.4 is 5.32 Å². The number of halogens is 2. The van der Waals surface area contributed by atoms with Crippen molar-refractivity contribution in [2.45, 2.75) is 0 Å². The zero-order valence-electron chi connectivity index (χ0n) is 13.4. The minimum atomic E-state index is -0.217. The van der Waals surface area contributed by atoms with Gasteiger partial charge in [0.15, 0.2) is 5.13 Å². The fraction of sp³-hybridized carbons (Fsp3) is 0. The molecule has 3 aromatic carbocycles. The van der Waals surface area contributed by atoms with Crippen molar-refractivity contribution >= 4 is 55.8 Å². The standard InChI is InChI=1S/C20H12Cl2N2OS/c21-15-10-16(22)18-17(11-15)26-20(23-18)24-19(25)14-8-6-13(7-9-14)12-4-2-1-3-5-12/h1-11H,(H,23,24,25). The predicted octanol–water partition coefficient (Wildman–Crippen LogP) is 6.52. The van der Waals surface area contributed by atoms with Crippen LogP contribution in [-0.4, -0.2) is 10.9 Å². The summed E-state index contributed by atoms with van der Waals surface area (Å²) < 4.78 is 0.831. The van der Waals surface area contributed by atoms with Crippen molar-refractivity contribution in [3.63, 3.8) is 0 Å². The molecule has 1 N–H and O–H groups in total. The van der Waals surface area contributed by atoms with Crippen molar-refractivity contribution in [1.82, 2.24) is 4.98 Å². The number of aromatic nitrogens is 1. The molecule has 4 aromatic rings. The van der Waals surface area contributed by atoms with Crippen LogP contribution in [-0.2, 0) is 0 Å². The SMILES string of the molecule is O=C(Nc1nc2c(Cl)cc(Cl)cc2s1)c1ccc(-c2ccccc2)cc1. The second-order valence-corrected chi connectivity index (χ2v) is 7.53. The molecule has 0 fully saturated rings. The smallest absolute Gasteiger partial charge is 0.257 e. The van der Waals surface area contributed by atoms with Gasteiger partial charge < -0.3 is 0 Å². The van der Waals surface area contributed by atoms with Gasteiger partial charge in [0.1, 0.15) is 5.52 Å². The molecule has 0 atom stereocenters. The third-order valence-electron chi connectivity index (χ3n) is 3.89. The van der Waals surface area contributed by atoms with Crippen LogP contribution in [0.5, 0.6) is 0 Å². The molecular weight excluding hydrogens is 387 g/mol. The van der Waals surface area contributed by atoms with E-state index in [-0.39, 0.29) is 5.91 Å². The zero-order chi connectivity index (χ0) is 18.1. The van der Waals surface area contributed by atoms with Crippen molar-refractivity contribution in [1.29, 1.82) is 0 Å². The Morgan fingerprint density at radius 2 is 1.62 bits per heavy atom. The van der Waals surface area contributed by atoms with Gasteiger partial charge >= 0.3 is 0 Å². The first-order chi connectivity index (χ1) is 12.6. The first kappa shape index (κ1) is 17.0. The Morgan fingerprint density at radius 3 is 2.35 bits per heavy atom. The van der Waals surface area contributed by atoms with Gasteiger partial charge in [-0.15, -0.1) is 0 Å². The fourth-order valence-corrected chi connectivity index (χ4v) is 4.21. The number of anilines is 1. The van der Waals surface area contributed by atoms with Gasteiger partial charge in [0.2, 0.25) is 0 Å². The third kappa shape index (κ3) is 3.44. The maximum atomic E-state index is 12.5. The molecule has 6 heteroatoms. The highest BCUT2D eigenvalue weighted by Gasteiger charge is 2.12. The number of hydrogen-bond donors (Lipinski definition) is 1. The number of benzene rings is 3. The van der Waals surface area contributed by atoms with Crippen LogP contribution >= 0.6 is 34.5 Å². The van der Waals surface area contributed by atoms with E-state index in [1.807, 2.05) is 42.5 Å². The average molecular weight is 399 g/mol. The summed E-state index contributed by atoms with van der Waals surface area (Å²) in [6.07, 6.45) is 0. The number of carbonyl (C=O) groups excluding carboxylic acids is 1. The number of carbonyl (C=O) groups is 1. The molecule has 0 aliphatic heterocycles. The van der Waals surface area contributed by atoms with Gasteiger partial charge in [-0.25, -0.2) is 4.98 Å². The molecule has 0 aliphatic rings. The van der Waals surface area contributed by atoms with Crippen LogP contribution in [0.2, 0.25) is 10.0 Å². The summed E-state index contributed by atoms with van der Waals surface area (Å²) in [6.45, 7) is 0. The maximum absolute atomic E-state index is 12.5. The van der Waals surface area contributed by atoms with E-state index >= 15 is 0 Å². The first-order valence-corrected chi connectivity index (χ1v) is 9.40. The molecule has 4 rings (SSSR count). The molecule has 1 aromatic heterocycles. The lowest BCUT2D eigenvalue weighted by Gasteiger charge is -2.04. The Kier molecular flexibility index (Phi) is 4.64. The molecule has 0 spiro atoms. The minimum Gasteiger partial charge on any atom is -0.298 e. The second-order valence-electron chi connectivity index (χ2n) is 5.65. The minimum absolute atomic E-state index is 0.217. The van der Waals surface area contributed by atoms with Crippen LogP contribution in [0, 0.1) is 0 Å². The van der Waals surface area contributed by atoms with Crippen molar-refractivity contribution in [3.8, 4) is 11.1 Å². The summed E-state index contributed by atoms with van der Waals surface area (Å²) in [5, 5.41) is 4.32.